The van der Waals surface area contributed by atoms with E-state index < -0.39 is 10.5 Å². The lowest BCUT2D eigenvalue weighted by Crippen LogP contribution is -2.45. The van der Waals surface area contributed by atoms with E-state index in [-0.39, 0.29) is 18.9 Å². The van der Waals surface area contributed by atoms with Crippen LogP contribution in [0.4, 0.5) is 11.6 Å². The van der Waals surface area contributed by atoms with Crippen molar-refractivity contribution in [1.29, 1.82) is 0 Å². The largest absolute Gasteiger partial charge is 0.394 e. The zero-order valence-corrected chi connectivity index (χ0v) is 11.0. The van der Waals surface area contributed by atoms with Gasteiger partial charge in [0.15, 0.2) is 0 Å². The maximum atomic E-state index is 10.7. The van der Waals surface area contributed by atoms with Gasteiger partial charge in [0.2, 0.25) is 5.95 Å². The molecule has 0 atom stereocenters. The van der Waals surface area contributed by atoms with Crippen molar-refractivity contribution in [3.8, 4) is 0 Å². The maximum Gasteiger partial charge on any atom is 0.271 e. The fraction of sp³-hybridized carbons (Fsp3) is 0.417. The Balaban J connectivity index is 2.34. The van der Waals surface area contributed by atoms with Gasteiger partial charge in [0, 0.05) is 12.1 Å². The number of fused-ring (bicyclic) bond motifs is 1. The summed E-state index contributed by atoms with van der Waals surface area (Å²) in [4.78, 5) is 17.4. The van der Waals surface area contributed by atoms with Crippen molar-refractivity contribution in [1.82, 2.24) is 9.97 Å². The summed E-state index contributed by atoms with van der Waals surface area (Å²) in [6.45, 7) is 1.32. The van der Waals surface area contributed by atoms with Gasteiger partial charge in [-0.1, -0.05) is 6.92 Å². The Bertz CT molecular complexity index is 613. The number of non-ortho nitro benzene ring substituents is 1. The van der Waals surface area contributed by atoms with Crippen LogP contribution in [-0.2, 0) is 0 Å². The van der Waals surface area contributed by atoms with Gasteiger partial charge in [-0.15, -0.1) is 0 Å². The standard InChI is InChI=1S/C12H16N4O4/c1-2-12(6-17,7-18)15-11-13-9-4-3-8(16(19)20)5-10(9)14-11/h3-5,17-18H,2,6-7H2,1H3,(H2,13,14,15). The summed E-state index contributed by atoms with van der Waals surface area (Å²) < 4.78 is 0. The molecule has 0 amide bonds. The number of imidazole rings is 1. The van der Waals surface area contributed by atoms with E-state index in [0.29, 0.717) is 23.4 Å². The van der Waals surface area contributed by atoms with Crippen molar-refractivity contribution in [2.75, 3.05) is 18.5 Å². The Morgan fingerprint density at radius 3 is 2.70 bits per heavy atom. The fourth-order valence-electron chi connectivity index (χ4n) is 1.86. The Morgan fingerprint density at radius 1 is 1.45 bits per heavy atom. The number of aromatic amines is 1. The highest BCUT2D eigenvalue weighted by molar-refractivity contribution is 5.80. The number of aliphatic hydroxyl groups is 2. The van der Waals surface area contributed by atoms with Crippen molar-refractivity contribution in [2.45, 2.75) is 18.9 Å². The molecule has 0 aliphatic heterocycles. The van der Waals surface area contributed by atoms with Crippen LogP contribution >= 0.6 is 0 Å². The molecule has 1 aromatic heterocycles. The molecule has 0 saturated carbocycles. The second-order valence-electron chi connectivity index (χ2n) is 4.62. The molecular formula is C12H16N4O4. The monoisotopic (exact) mass is 280 g/mol. The SMILES string of the molecule is CCC(CO)(CO)Nc1nc2ccc([N+](=O)[O-])cc2[nH]1. The third-order valence-electron chi connectivity index (χ3n) is 3.34. The number of anilines is 1. The first-order valence-electron chi connectivity index (χ1n) is 6.17. The first-order valence-corrected chi connectivity index (χ1v) is 6.17. The average molecular weight is 280 g/mol. The van der Waals surface area contributed by atoms with Crippen molar-refractivity contribution in [3.63, 3.8) is 0 Å². The van der Waals surface area contributed by atoms with Crippen molar-refractivity contribution in [2.24, 2.45) is 0 Å². The highest BCUT2D eigenvalue weighted by Crippen LogP contribution is 2.22. The Hall–Kier alpha value is -2.19. The highest BCUT2D eigenvalue weighted by atomic mass is 16.6. The zero-order chi connectivity index (χ0) is 14.8. The minimum atomic E-state index is -0.875. The van der Waals surface area contributed by atoms with E-state index >= 15 is 0 Å². The Morgan fingerprint density at radius 2 is 2.15 bits per heavy atom. The molecule has 0 radical (unpaired) electrons. The number of nitro groups is 1. The molecule has 0 saturated heterocycles. The number of nitro benzene ring substituents is 1. The predicted molar refractivity (Wildman–Crippen MR) is 73.6 cm³/mol. The lowest BCUT2D eigenvalue weighted by atomic mass is 9.99. The van der Waals surface area contributed by atoms with Crippen LogP contribution < -0.4 is 5.32 Å². The summed E-state index contributed by atoms with van der Waals surface area (Å²) in [5.74, 6) is 0.352. The summed E-state index contributed by atoms with van der Waals surface area (Å²) in [6.07, 6.45) is 0.497. The molecule has 0 bridgehead atoms. The van der Waals surface area contributed by atoms with Crippen LogP contribution in [0.1, 0.15) is 13.3 Å². The summed E-state index contributed by atoms with van der Waals surface area (Å²) in [5.41, 5.74) is 0.181. The van der Waals surface area contributed by atoms with Gasteiger partial charge >= 0.3 is 0 Å². The smallest absolute Gasteiger partial charge is 0.271 e. The highest BCUT2D eigenvalue weighted by Gasteiger charge is 2.27. The van der Waals surface area contributed by atoms with E-state index in [0.717, 1.165) is 0 Å². The Kier molecular flexibility index (Phi) is 3.86. The number of rotatable bonds is 6. The van der Waals surface area contributed by atoms with Crippen LogP contribution in [0, 0.1) is 10.1 Å². The minimum Gasteiger partial charge on any atom is -0.394 e. The topological polar surface area (TPSA) is 124 Å². The molecule has 0 aliphatic rings. The normalized spacial score (nSPS) is 11.8. The van der Waals surface area contributed by atoms with Gasteiger partial charge in [0.05, 0.1) is 34.7 Å². The van der Waals surface area contributed by atoms with Gasteiger partial charge in [-0.3, -0.25) is 10.1 Å². The van der Waals surface area contributed by atoms with Crippen LogP contribution in [0.3, 0.4) is 0 Å². The van der Waals surface area contributed by atoms with Crippen molar-refractivity contribution in [3.05, 3.63) is 28.3 Å². The lowest BCUT2D eigenvalue weighted by Gasteiger charge is -2.29. The first kappa shape index (κ1) is 14.2. The number of aromatic nitrogens is 2. The molecule has 0 fully saturated rings. The predicted octanol–water partition coefficient (Wildman–Crippen LogP) is 1.02. The summed E-state index contributed by atoms with van der Waals surface area (Å²) >= 11 is 0. The molecule has 2 rings (SSSR count). The average Bonchev–Trinajstić information content (AvgIpc) is 2.85. The molecule has 0 spiro atoms. The minimum absolute atomic E-state index is 0.0289. The summed E-state index contributed by atoms with van der Waals surface area (Å²) in [5, 5.41) is 32.4. The van der Waals surface area contributed by atoms with E-state index in [1.54, 1.807) is 6.07 Å². The number of nitrogens with one attached hydrogen (secondary N) is 2. The number of aliphatic hydroxyl groups excluding tert-OH is 2. The van der Waals surface area contributed by atoms with E-state index in [1.165, 1.54) is 12.1 Å². The third kappa shape index (κ3) is 2.56. The first-order chi connectivity index (χ1) is 9.53. The van der Waals surface area contributed by atoms with E-state index in [9.17, 15) is 20.3 Å². The summed E-state index contributed by atoms with van der Waals surface area (Å²) in [7, 11) is 0. The fourth-order valence-corrected chi connectivity index (χ4v) is 1.86. The molecule has 8 nitrogen and oxygen atoms in total. The number of benzene rings is 1. The van der Waals surface area contributed by atoms with Crippen LogP contribution in [0.2, 0.25) is 0 Å². The maximum absolute atomic E-state index is 10.7. The van der Waals surface area contributed by atoms with Gasteiger partial charge in [-0.05, 0) is 12.5 Å². The number of H-pyrrole nitrogens is 1. The van der Waals surface area contributed by atoms with Crippen molar-refractivity contribution >= 4 is 22.7 Å². The molecule has 1 heterocycles. The molecular weight excluding hydrogens is 264 g/mol. The Labute approximate surface area is 114 Å². The molecule has 0 unspecified atom stereocenters. The third-order valence-corrected chi connectivity index (χ3v) is 3.34. The molecule has 4 N–H and O–H groups in total. The molecule has 2 aromatic rings. The van der Waals surface area contributed by atoms with Gasteiger partial charge in [-0.25, -0.2) is 4.98 Å². The van der Waals surface area contributed by atoms with E-state index in [2.05, 4.69) is 15.3 Å². The zero-order valence-electron chi connectivity index (χ0n) is 11.0. The van der Waals surface area contributed by atoms with E-state index in [1.807, 2.05) is 6.92 Å². The lowest BCUT2D eigenvalue weighted by molar-refractivity contribution is -0.384. The van der Waals surface area contributed by atoms with Gasteiger partial charge in [0.1, 0.15) is 0 Å². The van der Waals surface area contributed by atoms with Gasteiger partial charge < -0.3 is 20.5 Å². The van der Waals surface area contributed by atoms with E-state index in [4.69, 9.17) is 0 Å². The molecule has 108 valence electrons. The number of hydrogen-bond acceptors (Lipinski definition) is 6. The van der Waals surface area contributed by atoms with Crippen molar-refractivity contribution < 1.29 is 15.1 Å². The number of hydrogen-bond donors (Lipinski definition) is 4. The van der Waals surface area contributed by atoms with Crippen LogP contribution in [0.5, 0.6) is 0 Å². The van der Waals surface area contributed by atoms with Crippen LogP contribution in [-0.4, -0.2) is 43.9 Å². The molecule has 0 aliphatic carbocycles. The summed E-state index contributed by atoms with van der Waals surface area (Å²) in [6, 6.07) is 4.30. The second kappa shape index (κ2) is 5.43. The number of nitrogens with zero attached hydrogens (tertiary/aromatic N) is 2. The van der Waals surface area contributed by atoms with Crippen LogP contribution in [0.25, 0.3) is 11.0 Å². The second-order valence-corrected chi connectivity index (χ2v) is 4.62. The molecule has 1 aromatic carbocycles. The van der Waals surface area contributed by atoms with Gasteiger partial charge in [0.25, 0.3) is 5.69 Å². The molecule has 20 heavy (non-hydrogen) atoms. The van der Waals surface area contributed by atoms with Gasteiger partial charge in [-0.2, -0.15) is 0 Å². The quantitative estimate of drug-likeness (QED) is 0.462. The molecule has 8 heteroatoms. The van der Waals surface area contributed by atoms with Crippen LogP contribution in [0.15, 0.2) is 18.2 Å².